The van der Waals surface area contributed by atoms with Crippen LogP contribution in [0.4, 0.5) is 0 Å². The number of hydrogen-bond donors (Lipinski definition) is 1. The minimum atomic E-state index is -0.706. The first-order valence-electron chi connectivity index (χ1n) is 6.05. The number of carbonyl (C=O) groups is 1. The third-order valence-corrected chi connectivity index (χ3v) is 2.72. The van der Waals surface area contributed by atoms with Crippen LogP contribution in [0.2, 0.25) is 0 Å². The molecule has 0 amide bonds. The molecule has 1 aromatic rings. The Hall–Kier alpha value is -1.42. The van der Waals surface area contributed by atoms with Gasteiger partial charge in [0.05, 0.1) is 0 Å². The van der Waals surface area contributed by atoms with Crippen LogP contribution in [0.15, 0.2) is 24.5 Å². The summed E-state index contributed by atoms with van der Waals surface area (Å²) in [6.45, 7) is 4.96. The predicted octanol–water partition coefficient (Wildman–Crippen LogP) is 2.16. The van der Waals surface area contributed by atoms with E-state index in [9.17, 15) is 4.79 Å². The Morgan fingerprint density at radius 1 is 1.35 bits per heavy atom. The zero-order valence-corrected chi connectivity index (χ0v) is 10.3. The molecule has 17 heavy (non-hydrogen) atoms. The van der Waals surface area contributed by atoms with Gasteiger partial charge in [0, 0.05) is 25.4 Å². The summed E-state index contributed by atoms with van der Waals surface area (Å²) in [6, 6.07) is 4.03. The Morgan fingerprint density at radius 2 is 2.06 bits per heavy atom. The van der Waals surface area contributed by atoms with Crippen LogP contribution in [0, 0.1) is 0 Å². The van der Waals surface area contributed by atoms with E-state index < -0.39 is 5.97 Å². The fourth-order valence-electron chi connectivity index (χ4n) is 1.71. The molecule has 0 atom stereocenters. The molecule has 0 bridgehead atoms. The topological polar surface area (TPSA) is 53.4 Å². The van der Waals surface area contributed by atoms with Gasteiger partial charge in [0.15, 0.2) is 0 Å². The molecule has 0 aliphatic rings. The maximum atomic E-state index is 10.4. The quantitative estimate of drug-likeness (QED) is 0.703. The van der Waals surface area contributed by atoms with E-state index in [1.165, 1.54) is 5.56 Å². The van der Waals surface area contributed by atoms with Crippen molar-refractivity contribution in [2.24, 2.45) is 0 Å². The van der Waals surface area contributed by atoms with Crippen molar-refractivity contribution < 1.29 is 9.90 Å². The highest BCUT2D eigenvalue weighted by Crippen LogP contribution is 2.05. The number of carboxylic acids is 1. The van der Waals surface area contributed by atoms with Gasteiger partial charge in [-0.15, -0.1) is 0 Å². The van der Waals surface area contributed by atoms with Gasteiger partial charge in [0.1, 0.15) is 0 Å². The smallest absolute Gasteiger partial charge is 0.303 e. The Morgan fingerprint density at radius 3 is 2.65 bits per heavy atom. The molecule has 4 nitrogen and oxygen atoms in total. The molecule has 0 spiro atoms. The molecule has 0 saturated heterocycles. The van der Waals surface area contributed by atoms with Crippen molar-refractivity contribution in [3.8, 4) is 0 Å². The molecule has 1 heterocycles. The number of carboxylic acid groups (broad SMARTS) is 1. The van der Waals surface area contributed by atoms with Gasteiger partial charge in [0.2, 0.25) is 0 Å². The molecular formula is C13H20N2O2. The molecule has 0 fully saturated rings. The van der Waals surface area contributed by atoms with Crippen molar-refractivity contribution in [2.45, 2.75) is 32.7 Å². The van der Waals surface area contributed by atoms with E-state index in [0.29, 0.717) is 0 Å². The molecule has 1 rings (SSSR count). The van der Waals surface area contributed by atoms with Crippen LogP contribution in [0.3, 0.4) is 0 Å². The van der Waals surface area contributed by atoms with Gasteiger partial charge in [0.25, 0.3) is 0 Å². The largest absolute Gasteiger partial charge is 0.481 e. The fourth-order valence-corrected chi connectivity index (χ4v) is 1.71. The number of rotatable bonds is 8. The molecular weight excluding hydrogens is 216 g/mol. The summed E-state index contributed by atoms with van der Waals surface area (Å²) in [5, 5.41) is 8.55. The van der Waals surface area contributed by atoms with Gasteiger partial charge < -0.3 is 5.11 Å². The Balaban J connectivity index is 2.27. The van der Waals surface area contributed by atoms with Crippen molar-refractivity contribution in [1.82, 2.24) is 9.88 Å². The number of aromatic nitrogens is 1. The first kappa shape index (κ1) is 13.6. The highest BCUT2D eigenvalue weighted by Gasteiger charge is 2.04. The lowest BCUT2D eigenvalue weighted by molar-refractivity contribution is -0.137. The predicted molar refractivity (Wildman–Crippen MR) is 66.7 cm³/mol. The van der Waals surface area contributed by atoms with Crippen LogP contribution < -0.4 is 0 Å². The summed E-state index contributed by atoms with van der Waals surface area (Å²) in [7, 11) is 0. The van der Waals surface area contributed by atoms with Crippen LogP contribution in [0.25, 0.3) is 0 Å². The molecule has 0 aliphatic carbocycles. The second kappa shape index (κ2) is 7.79. The van der Waals surface area contributed by atoms with Crippen molar-refractivity contribution in [3.05, 3.63) is 30.1 Å². The van der Waals surface area contributed by atoms with E-state index in [4.69, 9.17) is 5.11 Å². The molecule has 0 unspecified atom stereocenters. The monoisotopic (exact) mass is 236 g/mol. The zero-order valence-electron chi connectivity index (χ0n) is 10.3. The molecule has 0 radical (unpaired) electrons. The highest BCUT2D eigenvalue weighted by molar-refractivity contribution is 5.66. The molecule has 1 aromatic heterocycles. The normalized spacial score (nSPS) is 10.7. The SMILES string of the molecule is CCN(CCCCC(=O)O)Cc1ccncc1. The summed E-state index contributed by atoms with van der Waals surface area (Å²) >= 11 is 0. The Kier molecular flexibility index (Phi) is 6.25. The van der Waals surface area contributed by atoms with E-state index in [-0.39, 0.29) is 6.42 Å². The van der Waals surface area contributed by atoms with Crippen molar-refractivity contribution in [1.29, 1.82) is 0 Å². The van der Waals surface area contributed by atoms with Gasteiger partial charge in [-0.05, 0) is 43.6 Å². The first-order chi connectivity index (χ1) is 8.22. The molecule has 0 saturated carbocycles. The molecule has 0 aromatic carbocycles. The third kappa shape index (κ3) is 6.02. The molecule has 4 heteroatoms. The van der Waals surface area contributed by atoms with Gasteiger partial charge in [-0.25, -0.2) is 0 Å². The molecule has 0 aliphatic heterocycles. The van der Waals surface area contributed by atoms with Crippen molar-refractivity contribution in [2.75, 3.05) is 13.1 Å². The van der Waals surface area contributed by atoms with Gasteiger partial charge in [-0.2, -0.15) is 0 Å². The van der Waals surface area contributed by atoms with Crippen LogP contribution in [0.5, 0.6) is 0 Å². The lowest BCUT2D eigenvalue weighted by Gasteiger charge is -2.20. The van der Waals surface area contributed by atoms with E-state index in [1.807, 2.05) is 12.1 Å². The lowest BCUT2D eigenvalue weighted by Crippen LogP contribution is -2.24. The zero-order chi connectivity index (χ0) is 12.5. The first-order valence-corrected chi connectivity index (χ1v) is 6.05. The van der Waals surface area contributed by atoms with Gasteiger partial charge in [-0.1, -0.05) is 6.92 Å². The minimum absolute atomic E-state index is 0.271. The van der Waals surface area contributed by atoms with Crippen LogP contribution >= 0.6 is 0 Å². The van der Waals surface area contributed by atoms with E-state index >= 15 is 0 Å². The van der Waals surface area contributed by atoms with Gasteiger partial charge in [-0.3, -0.25) is 14.7 Å². The standard InChI is InChI=1S/C13H20N2O2/c1-2-15(10-4-3-5-13(16)17)11-12-6-8-14-9-7-12/h6-9H,2-5,10-11H2,1H3,(H,16,17). The minimum Gasteiger partial charge on any atom is -0.481 e. The van der Waals surface area contributed by atoms with Crippen LogP contribution in [0.1, 0.15) is 31.7 Å². The summed E-state index contributed by atoms with van der Waals surface area (Å²) in [5.74, 6) is -0.706. The second-order valence-electron chi connectivity index (χ2n) is 4.08. The van der Waals surface area contributed by atoms with Crippen LogP contribution in [-0.2, 0) is 11.3 Å². The van der Waals surface area contributed by atoms with Crippen LogP contribution in [-0.4, -0.2) is 34.0 Å². The highest BCUT2D eigenvalue weighted by atomic mass is 16.4. The Bertz CT molecular complexity index is 327. The van der Waals surface area contributed by atoms with E-state index in [1.54, 1.807) is 12.4 Å². The average molecular weight is 236 g/mol. The molecule has 1 N–H and O–H groups in total. The average Bonchev–Trinajstić information content (AvgIpc) is 2.34. The maximum absolute atomic E-state index is 10.4. The number of hydrogen-bond acceptors (Lipinski definition) is 3. The Labute approximate surface area is 102 Å². The summed E-state index contributed by atoms with van der Waals surface area (Å²) in [6.07, 6.45) is 5.56. The number of pyridine rings is 1. The van der Waals surface area contributed by atoms with E-state index in [2.05, 4.69) is 16.8 Å². The third-order valence-electron chi connectivity index (χ3n) is 2.72. The van der Waals surface area contributed by atoms with E-state index in [0.717, 1.165) is 32.5 Å². The molecule has 94 valence electrons. The summed E-state index contributed by atoms with van der Waals surface area (Å²) < 4.78 is 0. The lowest BCUT2D eigenvalue weighted by atomic mass is 10.2. The number of unbranched alkanes of at least 4 members (excludes halogenated alkanes) is 1. The number of aliphatic carboxylic acids is 1. The maximum Gasteiger partial charge on any atom is 0.303 e. The second-order valence-corrected chi connectivity index (χ2v) is 4.08. The number of nitrogens with zero attached hydrogens (tertiary/aromatic N) is 2. The fraction of sp³-hybridized carbons (Fsp3) is 0.538. The summed E-state index contributed by atoms with van der Waals surface area (Å²) in [5.41, 5.74) is 1.25. The van der Waals surface area contributed by atoms with Gasteiger partial charge >= 0.3 is 5.97 Å². The van der Waals surface area contributed by atoms with Crippen molar-refractivity contribution in [3.63, 3.8) is 0 Å². The summed E-state index contributed by atoms with van der Waals surface area (Å²) in [4.78, 5) is 16.7. The van der Waals surface area contributed by atoms with Crippen molar-refractivity contribution >= 4 is 5.97 Å².